The molecular formula is C15H23NO3. The maximum absolute atomic E-state index is 9.13. The fourth-order valence-corrected chi connectivity index (χ4v) is 2.33. The molecule has 0 heterocycles. The molecule has 0 spiro atoms. The number of ether oxygens (including phenoxy) is 2. The molecule has 19 heavy (non-hydrogen) atoms. The van der Waals surface area contributed by atoms with Crippen LogP contribution in [0.2, 0.25) is 0 Å². The zero-order valence-corrected chi connectivity index (χ0v) is 11.3. The van der Waals surface area contributed by atoms with Gasteiger partial charge in [0.25, 0.3) is 0 Å². The summed E-state index contributed by atoms with van der Waals surface area (Å²) in [4.78, 5) is 0. The molecule has 0 aromatic heterocycles. The summed E-state index contributed by atoms with van der Waals surface area (Å²) in [7, 11) is 0. The van der Waals surface area contributed by atoms with E-state index in [0.717, 1.165) is 18.9 Å². The van der Waals surface area contributed by atoms with Crippen LogP contribution in [0, 0.1) is 0 Å². The summed E-state index contributed by atoms with van der Waals surface area (Å²) >= 11 is 0. The van der Waals surface area contributed by atoms with E-state index in [1.165, 1.54) is 25.7 Å². The number of benzene rings is 1. The van der Waals surface area contributed by atoms with Crippen LogP contribution in [-0.4, -0.2) is 37.5 Å². The van der Waals surface area contributed by atoms with Crippen molar-refractivity contribution < 1.29 is 14.6 Å². The molecule has 0 bridgehead atoms. The quantitative estimate of drug-likeness (QED) is 0.708. The second-order valence-electron chi connectivity index (χ2n) is 4.89. The van der Waals surface area contributed by atoms with Crippen LogP contribution in [-0.2, 0) is 4.74 Å². The van der Waals surface area contributed by atoms with Crippen molar-refractivity contribution in [3.63, 3.8) is 0 Å². The third-order valence-corrected chi connectivity index (χ3v) is 3.37. The second-order valence-corrected chi connectivity index (χ2v) is 4.89. The van der Waals surface area contributed by atoms with Gasteiger partial charge < -0.3 is 19.9 Å². The van der Waals surface area contributed by atoms with Crippen LogP contribution >= 0.6 is 0 Å². The Morgan fingerprint density at radius 1 is 1.05 bits per heavy atom. The number of hydrogen-bond donors (Lipinski definition) is 2. The molecule has 1 aliphatic carbocycles. The molecule has 106 valence electrons. The molecule has 0 aliphatic heterocycles. The molecule has 1 aromatic rings. The smallest absolute Gasteiger partial charge is 0.119 e. The van der Waals surface area contributed by atoms with Gasteiger partial charge in [-0.3, -0.25) is 0 Å². The predicted octanol–water partition coefficient (Wildman–Crippen LogP) is 2.32. The van der Waals surface area contributed by atoms with Crippen LogP contribution in [0.4, 0.5) is 0 Å². The highest BCUT2D eigenvalue weighted by Gasteiger charge is 2.13. The SMILES string of the molecule is Oc1ccc(OCCOCCNC2CCCC2)cc1. The van der Waals surface area contributed by atoms with E-state index in [2.05, 4.69) is 5.32 Å². The molecule has 0 unspecified atom stereocenters. The first-order chi connectivity index (χ1) is 9.34. The lowest BCUT2D eigenvalue weighted by Crippen LogP contribution is -2.29. The Bertz CT molecular complexity index is 347. The highest BCUT2D eigenvalue weighted by molar-refractivity contribution is 5.29. The third kappa shape index (κ3) is 5.49. The average molecular weight is 265 g/mol. The van der Waals surface area contributed by atoms with Crippen molar-refractivity contribution >= 4 is 0 Å². The first-order valence-corrected chi connectivity index (χ1v) is 7.07. The molecule has 0 radical (unpaired) electrons. The van der Waals surface area contributed by atoms with E-state index in [1.54, 1.807) is 24.3 Å². The minimum Gasteiger partial charge on any atom is -0.508 e. The van der Waals surface area contributed by atoms with Gasteiger partial charge in [-0.15, -0.1) is 0 Å². The van der Waals surface area contributed by atoms with Crippen LogP contribution in [0.1, 0.15) is 25.7 Å². The lowest BCUT2D eigenvalue weighted by Gasteiger charge is -2.12. The first-order valence-electron chi connectivity index (χ1n) is 7.07. The van der Waals surface area contributed by atoms with Crippen molar-refractivity contribution in [2.24, 2.45) is 0 Å². The van der Waals surface area contributed by atoms with Crippen LogP contribution in [0.5, 0.6) is 11.5 Å². The topological polar surface area (TPSA) is 50.7 Å². The van der Waals surface area contributed by atoms with Crippen molar-refractivity contribution in [1.29, 1.82) is 0 Å². The Balaban J connectivity index is 1.44. The van der Waals surface area contributed by atoms with Crippen molar-refractivity contribution in [3.8, 4) is 11.5 Å². The molecule has 0 atom stereocenters. The van der Waals surface area contributed by atoms with E-state index in [-0.39, 0.29) is 5.75 Å². The van der Waals surface area contributed by atoms with Gasteiger partial charge in [0, 0.05) is 12.6 Å². The monoisotopic (exact) mass is 265 g/mol. The van der Waals surface area contributed by atoms with E-state index in [1.807, 2.05) is 0 Å². The van der Waals surface area contributed by atoms with Crippen LogP contribution in [0.25, 0.3) is 0 Å². The van der Waals surface area contributed by atoms with E-state index in [4.69, 9.17) is 14.6 Å². The van der Waals surface area contributed by atoms with Gasteiger partial charge in [0.1, 0.15) is 18.1 Å². The van der Waals surface area contributed by atoms with Crippen molar-refractivity contribution in [2.75, 3.05) is 26.4 Å². The third-order valence-electron chi connectivity index (χ3n) is 3.37. The molecule has 1 aromatic carbocycles. The van der Waals surface area contributed by atoms with Gasteiger partial charge in [-0.25, -0.2) is 0 Å². The summed E-state index contributed by atoms with van der Waals surface area (Å²) in [6, 6.07) is 7.43. The number of rotatable bonds is 8. The Hall–Kier alpha value is -1.26. The van der Waals surface area contributed by atoms with Crippen molar-refractivity contribution in [2.45, 2.75) is 31.7 Å². The summed E-state index contributed by atoms with van der Waals surface area (Å²) < 4.78 is 11.0. The zero-order valence-electron chi connectivity index (χ0n) is 11.3. The fourth-order valence-electron chi connectivity index (χ4n) is 2.33. The number of aromatic hydroxyl groups is 1. The van der Waals surface area contributed by atoms with E-state index < -0.39 is 0 Å². The van der Waals surface area contributed by atoms with Gasteiger partial charge in [0.05, 0.1) is 13.2 Å². The standard InChI is InChI=1S/C15H23NO3/c17-14-5-7-15(8-6-14)19-12-11-18-10-9-16-13-3-1-2-4-13/h5-8,13,16-17H,1-4,9-12H2. The molecule has 0 amide bonds. The Kier molecular flexibility index (Phi) is 5.98. The highest BCUT2D eigenvalue weighted by atomic mass is 16.5. The zero-order chi connectivity index (χ0) is 13.3. The number of phenolic OH excluding ortho intramolecular Hbond substituents is 1. The van der Waals surface area contributed by atoms with Crippen LogP contribution in [0.3, 0.4) is 0 Å². The maximum atomic E-state index is 9.13. The number of phenols is 1. The first kappa shape index (κ1) is 14.2. The summed E-state index contributed by atoms with van der Waals surface area (Å²) in [5, 5.41) is 12.6. The van der Waals surface area contributed by atoms with Gasteiger partial charge in [0.2, 0.25) is 0 Å². The lowest BCUT2D eigenvalue weighted by molar-refractivity contribution is 0.100. The fraction of sp³-hybridized carbons (Fsp3) is 0.600. The van der Waals surface area contributed by atoms with Gasteiger partial charge in [0.15, 0.2) is 0 Å². The number of hydrogen-bond acceptors (Lipinski definition) is 4. The van der Waals surface area contributed by atoms with Gasteiger partial charge in [-0.1, -0.05) is 12.8 Å². The van der Waals surface area contributed by atoms with Gasteiger partial charge >= 0.3 is 0 Å². The largest absolute Gasteiger partial charge is 0.508 e. The lowest BCUT2D eigenvalue weighted by atomic mass is 10.2. The minimum absolute atomic E-state index is 0.251. The van der Waals surface area contributed by atoms with E-state index in [9.17, 15) is 0 Å². The molecule has 1 aliphatic rings. The predicted molar refractivity (Wildman–Crippen MR) is 74.7 cm³/mol. The molecular weight excluding hydrogens is 242 g/mol. The molecule has 1 saturated carbocycles. The molecule has 2 N–H and O–H groups in total. The minimum atomic E-state index is 0.251. The molecule has 4 heteroatoms. The van der Waals surface area contributed by atoms with Gasteiger partial charge in [-0.05, 0) is 37.1 Å². The van der Waals surface area contributed by atoms with Crippen LogP contribution in [0.15, 0.2) is 24.3 Å². The molecule has 0 saturated heterocycles. The average Bonchev–Trinajstić information content (AvgIpc) is 2.93. The number of nitrogens with one attached hydrogen (secondary N) is 1. The highest BCUT2D eigenvalue weighted by Crippen LogP contribution is 2.17. The normalized spacial score (nSPS) is 15.8. The molecule has 1 fully saturated rings. The Labute approximate surface area is 114 Å². The second kappa shape index (κ2) is 8.02. The van der Waals surface area contributed by atoms with Crippen molar-refractivity contribution in [3.05, 3.63) is 24.3 Å². The Morgan fingerprint density at radius 2 is 1.79 bits per heavy atom. The summed E-state index contributed by atoms with van der Waals surface area (Å²) in [6.45, 7) is 2.78. The summed E-state index contributed by atoms with van der Waals surface area (Å²) in [6.07, 6.45) is 5.34. The van der Waals surface area contributed by atoms with Crippen LogP contribution < -0.4 is 10.1 Å². The summed E-state index contributed by atoms with van der Waals surface area (Å²) in [5.41, 5.74) is 0. The van der Waals surface area contributed by atoms with E-state index >= 15 is 0 Å². The van der Waals surface area contributed by atoms with Gasteiger partial charge in [-0.2, -0.15) is 0 Å². The maximum Gasteiger partial charge on any atom is 0.119 e. The molecule has 2 rings (SSSR count). The summed E-state index contributed by atoms with van der Waals surface area (Å²) in [5.74, 6) is 1.01. The van der Waals surface area contributed by atoms with E-state index in [0.29, 0.717) is 19.3 Å². The van der Waals surface area contributed by atoms with Crippen molar-refractivity contribution in [1.82, 2.24) is 5.32 Å². The molecule has 4 nitrogen and oxygen atoms in total. The Morgan fingerprint density at radius 3 is 2.53 bits per heavy atom.